The summed E-state index contributed by atoms with van der Waals surface area (Å²) in [6.45, 7) is 10.4. The molecule has 0 saturated heterocycles. The van der Waals surface area contributed by atoms with Gasteiger partial charge in [-0.15, -0.1) is 0 Å². The fourth-order valence-corrected chi connectivity index (χ4v) is 2.05. The molecule has 1 aliphatic rings. The average Bonchev–Trinajstić information content (AvgIpc) is 2.20. The van der Waals surface area contributed by atoms with Crippen molar-refractivity contribution < 1.29 is 9.53 Å². The third-order valence-electron chi connectivity index (χ3n) is 3.15. The highest BCUT2D eigenvalue weighted by Gasteiger charge is 2.33. The zero-order valence-electron chi connectivity index (χ0n) is 11.6. The molecular formula is C15H24O2. The highest BCUT2D eigenvalue weighted by Crippen LogP contribution is 2.33. The predicted molar refractivity (Wildman–Crippen MR) is 70.6 cm³/mol. The predicted octanol–water partition coefficient (Wildman–Crippen LogP) is 3.88. The Labute approximate surface area is 105 Å². The number of esters is 1. The van der Waals surface area contributed by atoms with Crippen molar-refractivity contribution in [3.8, 4) is 0 Å². The number of carbonyl (C=O) groups excluding carboxylic acids is 1. The second-order valence-electron chi connectivity index (χ2n) is 5.89. The van der Waals surface area contributed by atoms with E-state index in [9.17, 15) is 4.79 Å². The lowest BCUT2D eigenvalue weighted by Gasteiger charge is -2.34. The van der Waals surface area contributed by atoms with Crippen LogP contribution in [0.25, 0.3) is 0 Å². The monoisotopic (exact) mass is 236 g/mol. The summed E-state index contributed by atoms with van der Waals surface area (Å²) in [6.07, 6.45) is 7.44. The van der Waals surface area contributed by atoms with Crippen LogP contribution in [0.15, 0.2) is 23.8 Å². The molecule has 1 unspecified atom stereocenters. The van der Waals surface area contributed by atoms with Gasteiger partial charge in [-0.1, -0.05) is 45.9 Å². The van der Waals surface area contributed by atoms with Gasteiger partial charge in [-0.2, -0.15) is 0 Å². The standard InChI is InChI=1S/C15H24O2/c1-11(2)8-9-13(16)17-14-12(3)7-6-10-15(14,4)5/h6-7,10-11,14H,8-9H2,1-5H3. The Hall–Kier alpha value is -1.05. The van der Waals surface area contributed by atoms with E-state index in [2.05, 4.69) is 33.8 Å². The molecule has 0 amide bonds. The molecule has 1 atom stereocenters. The van der Waals surface area contributed by atoms with Crippen LogP contribution in [0.2, 0.25) is 0 Å². The lowest BCUT2D eigenvalue weighted by Crippen LogP contribution is -2.35. The molecule has 0 fully saturated rings. The summed E-state index contributed by atoms with van der Waals surface area (Å²) < 4.78 is 5.61. The van der Waals surface area contributed by atoms with E-state index in [-0.39, 0.29) is 17.5 Å². The fraction of sp³-hybridized carbons (Fsp3) is 0.667. The molecule has 1 rings (SSSR count). The summed E-state index contributed by atoms with van der Waals surface area (Å²) in [5.74, 6) is 0.457. The van der Waals surface area contributed by atoms with Gasteiger partial charge in [-0.25, -0.2) is 0 Å². The Morgan fingerprint density at radius 1 is 1.47 bits per heavy atom. The minimum atomic E-state index is -0.118. The van der Waals surface area contributed by atoms with Gasteiger partial charge >= 0.3 is 5.97 Å². The van der Waals surface area contributed by atoms with Crippen molar-refractivity contribution in [2.45, 2.75) is 53.6 Å². The number of rotatable bonds is 4. The van der Waals surface area contributed by atoms with Crippen LogP contribution >= 0.6 is 0 Å². The molecule has 0 aromatic heterocycles. The van der Waals surface area contributed by atoms with Crippen LogP contribution in [0.4, 0.5) is 0 Å². The third-order valence-corrected chi connectivity index (χ3v) is 3.15. The van der Waals surface area contributed by atoms with Crippen molar-refractivity contribution in [2.75, 3.05) is 0 Å². The molecule has 17 heavy (non-hydrogen) atoms. The Morgan fingerprint density at radius 2 is 2.12 bits per heavy atom. The second kappa shape index (κ2) is 5.52. The quantitative estimate of drug-likeness (QED) is 0.692. The Balaban J connectivity index is 2.58. The lowest BCUT2D eigenvalue weighted by atomic mass is 9.79. The maximum absolute atomic E-state index is 11.8. The Bertz CT molecular complexity index is 335. The smallest absolute Gasteiger partial charge is 0.306 e. The first-order valence-corrected chi connectivity index (χ1v) is 6.38. The van der Waals surface area contributed by atoms with Gasteiger partial charge in [-0.3, -0.25) is 4.79 Å². The zero-order chi connectivity index (χ0) is 13.1. The summed E-state index contributed by atoms with van der Waals surface area (Å²) >= 11 is 0. The minimum absolute atomic E-state index is 0.0835. The van der Waals surface area contributed by atoms with Gasteiger partial charge in [-0.05, 0) is 24.8 Å². The van der Waals surface area contributed by atoms with Crippen molar-refractivity contribution in [3.05, 3.63) is 23.8 Å². The minimum Gasteiger partial charge on any atom is -0.457 e. The Morgan fingerprint density at radius 3 is 2.65 bits per heavy atom. The van der Waals surface area contributed by atoms with E-state index in [4.69, 9.17) is 4.74 Å². The van der Waals surface area contributed by atoms with Gasteiger partial charge in [0.1, 0.15) is 6.10 Å². The van der Waals surface area contributed by atoms with Crippen LogP contribution in [0.1, 0.15) is 47.5 Å². The molecule has 0 heterocycles. The molecule has 0 aliphatic heterocycles. The molecule has 0 N–H and O–H groups in total. The number of ether oxygens (including phenoxy) is 1. The fourth-order valence-electron chi connectivity index (χ4n) is 2.05. The number of allylic oxidation sites excluding steroid dienone is 2. The van der Waals surface area contributed by atoms with Crippen molar-refractivity contribution in [1.82, 2.24) is 0 Å². The normalized spacial score (nSPS) is 22.5. The molecule has 0 bridgehead atoms. The van der Waals surface area contributed by atoms with E-state index in [1.165, 1.54) is 0 Å². The molecule has 0 radical (unpaired) electrons. The summed E-state index contributed by atoms with van der Waals surface area (Å²) in [6, 6.07) is 0. The van der Waals surface area contributed by atoms with Crippen LogP contribution in [0, 0.1) is 11.3 Å². The van der Waals surface area contributed by atoms with Crippen molar-refractivity contribution >= 4 is 5.97 Å². The first-order valence-electron chi connectivity index (χ1n) is 6.38. The first kappa shape index (κ1) is 14.0. The van der Waals surface area contributed by atoms with E-state index in [0.717, 1.165) is 12.0 Å². The highest BCUT2D eigenvalue weighted by atomic mass is 16.5. The highest BCUT2D eigenvalue weighted by molar-refractivity contribution is 5.70. The van der Waals surface area contributed by atoms with Crippen molar-refractivity contribution in [3.63, 3.8) is 0 Å². The average molecular weight is 236 g/mol. The lowest BCUT2D eigenvalue weighted by molar-refractivity contribution is -0.151. The van der Waals surface area contributed by atoms with Gasteiger partial charge in [0.25, 0.3) is 0 Å². The zero-order valence-corrected chi connectivity index (χ0v) is 11.6. The molecular weight excluding hydrogens is 212 g/mol. The summed E-state index contributed by atoms with van der Waals surface area (Å²) in [7, 11) is 0. The van der Waals surface area contributed by atoms with Crippen molar-refractivity contribution in [2.24, 2.45) is 11.3 Å². The molecule has 0 spiro atoms. The second-order valence-corrected chi connectivity index (χ2v) is 5.89. The maximum atomic E-state index is 11.8. The SMILES string of the molecule is CC1=CC=CC(C)(C)C1OC(=O)CCC(C)C. The largest absolute Gasteiger partial charge is 0.457 e. The summed E-state index contributed by atoms with van der Waals surface area (Å²) in [4.78, 5) is 11.8. The number of hydrogen-bond donors (Lipinski definition) is 0. The van der Waals surface area contributed by atoms with Crippen LogP contribution < -0.4 is 0 Å². The number of hydrogen-bond acceptors (Lipinski definition) is 2. The summed E-state index contributed by atoms with van der Waals surface area (Å²) in [5, 5.41) is 0. The van der Waals surface area contributed by atoms with Crippen LogP contribution in [0.5, 0.6) is 0 Å². The molecule has 2 heteroatoms. The third kappa shape index (κ3) is 4.03. The molecule has 2 nitrogen and oxygen atoms in total. The van der Waals surface area contributed by atoms with E-state index in [0.29, 0.717) is 12.3 Å². The van der Waals surface area contributed by atoms with Gasteiger partial charge in [0.05, 0.1) is 0 Å². The Kier molecular flexibility index (Phi) is 4.55. The van der Waals surface area contributed by atoms with E-state index in [1.807, 2.05) is 19.1 Å². The number of carbonyl (C=O) groups is 1. The van der Waals surface area contributed by atoms with Gasteiger partial charge in [0.2, 0.25) is 0 Å². The van der Waals surface area contributed by atoms with Gasteiger partial charge in [0, 0.05) is 11.8 Å². The van der Waals surface area contributed by atoms with Crippen LogP contribution in [0.3, 0.4) is 0 Å². The van der Waals surface area contributed by atoms with Crippen molar-refractivity contribution in [1.29, 1.82) is 0 Å². The van der Waals surface area contributed by atoms with Gasteiger partial charge in [0.15, 0.2) is 0 Å². The molecule has 0 saturated carbocycles. The van der Waals surface area contributed by atoms with E-state index >= 15 is 0 Å². The first-order chi connectivity index (χ1) is 7.83. The molecule has 0 aromatic rings. The molecule has 1 aliphatic carbocycles. The summed E-state index contributed by atoms with van der Waals surface area (Å²) in [5.41, 5.74) is 1.02. The van der Waals surface area contributed by atoms with Crippen LogP contribution in [-0.4, -0.2) is 12.1 Å². The topological polar surface area (TPSA) is 26.3 Å². The maximum Gasteiger partial charge on any atom is 0.306 e. The molecule has 96 valence electrons. The van der Waals surface area contributed by atoms with Crippen LogP contribution in [-0.2, 0) is 9.53 Å². The van der Waals surface area contributed by atoms with E-state index < -0.39 is 0 Å². The van der Waals surface area contributed by atoms with E-state index in [1.54, 1.807) is 0 Å². The molecule has 0 aromatic carbocycles. The van der Waals surface area contributed by atoms with Gasteiger partial charge < -0.3 is 4.74 Å².